The van der Waals surface area contributed by atoms with Crippen molar-refractivity contribution < 1.29 is 4.79 Å². The summed E-state index contributed by atoms with van der Waals surface area (Å²) < 4.78 is 0. The van der Waals surface area contributed by atoms with Crippen LogP contribution in [-0.4, -0.2) is 34.9 Å². The van der Waals surface area contributed by atoms with Gasteiger partial charge < -0.3 is 10.2 Å². The number of amides is 1. The van der Waals surface area contributed by atoms with Crippen LogP contribution >= 0.6 is 0 Å². The van der Waals surface area contributed by atoms with Crippen LogP contribution in [0.1, 0.15) is 45.7 Å². The van der Waals surface area contributed by atoms with Crippen LogP contribution < -0.4 is 5.32 Å². The minimum Gasteiger partial charge on any atom is -0.379 e. The standard InChI is InChI=1S/C17H25N3O/c1-4-17(2,3)15-9-13(7-8-18-15)19-14-10-20(11-14)16(21)12-5-6-12/h7-9,12,14H,4-6,10-11H2,1-3H3,(H,18,19). The molecule has 1 N–H and O–H groups in total. The Bertz CT molecular complexity index is 531. The van der Waals surface area contributed by atoms with Gasteiger partial charge in [-0.2, -0.15) is 0 Å². The highest BCUT2D eigenvalue weighted by molar-refractivity contribution is 5.82. The van der Waals surface area contributed by atoms with Crippen molar-refractivity contribution in [2.75, 3.05) is 18.4 Å². The van der Waals surface area contributed by atoms with Crippen LogP contribution in [0.4, 0.5) is 5.69 Å². The molecule has 114 valence electrons. The molecule has 0 bridgehead atoms. The van der Waals surface area contributed by atoms with Crippen molar-refractivity contribution >= 4 is 11.6 Å². The molecule has 1 aliphatic heterocycles. The molecule has 4 nitrogen and oxygen atoms in total. The molecule has 0 aromatic carbocycles. The number of hydrogen-bond acceptors (Lipinski definition) is 3. The molecular weight excluding hydrogens is 262 g/mol. The number of carbonyl (C=O) groups is 1. The van der Waals surface area contributed by atoms with Gasteiger partial charge in [-0.3, -0.25) is 9.78 Å². The quantitative estimate of drug-likeness (QED) is 0.905. The lowest BCUT2D eigenvalue weighted by molar-refractivity contribution is -0.136. The van der Waals surface area contributed by atoms with E-state index in [1.165, 1.54) is 0 Å². The van der Waals surface area contributed by atoms with E-state index in [0.29, 0.717) is 17.9 Å². The molecule has 0 unspecified atom stereocenters. The molecule has 0 spiro atoms. The Kier molecular flexibility index (Phi) is 3.64. The van der Waals surface area contributed by atoms with Crippen LogP contribution in [-0.2, 0) is 10.2 Å². The Morgan fingerprint density at radius 2 is 2.14 bits per heavy atom. The van der Waals surface area contributed by atoms with E-state index >= 15 is 0 Å². The summed E-state index contributed by atoms with van der Waals surface area (Å²) in [5.41, 5.74) is 2.34. The fourth-order valence-electron chi connectivity index (χ4n) is 2.65. The topological polar surface area (TPSA) is 45.2 Å². The largest absolute Gasteiger partial charge is 0.379 e. The molecule has 1 amide bonds. The van der Waals surface area contributed by atoms with Crippen LogP contribution in [0.2, 0.25) is 0 Å². The summed E-state index contributed by atoms with van der Waals surface area (Å²) in [6.45, 7) is 8.31. The summed E-state index contributed by atoms with van der Waals surface area (Å²) in [7, 11) is 0. The Morgan fingerprint density at radius 3 is 2.76 bits per heavy atom. The van der Waals surface area contributed by atoms with Gasteiger partial charge in [0, 0.05) is 42.0 Å². The number of rotatable bonds is 5. The van der Waals surface area contributed by atoms with Gasteiger partial charge in [0.1, 0.15) is 0 Å². The zero-order valence-electron chi connectivity index (χ0n) is 13.2. The van der Waals surface area contributed by atoms with Gasteiger partial charge in [0.2, 0.25) is 5.91 Å². The smallest absolute Gasteiger partial charge is 0.225 e. The molecule has 1 aliphatic carbocycles. The molecule has 4 heteroatoms. The molecule has 2 heterocycles. The summed E-state index contributed by atoms with van der Waals surface area (Å²) in [4.78, 5) is 18.4. The minimum atomic E-state index is 0.102. The predicted octanol–water partition coefficient (Wildman–Crippen LogP) is 2.80. The Hall–Kier alpha value is -1.58. The lowest BCUT2D eigenvalue weighted by Crippen LogP contribution is -2.57. The van der Waals surface area contributed by atoms with Gasteiger partial charge in [-0.15, -0.1) is 0 Å². The van der Waals surface area contributed by atoms with Crippen molar-refractivity contribution in [3.05, 3.63) is 24.0 Å². The lowest BCUT2D eigenvalue weighted by Gasteiger charge is -2.40. The molecule has 1 aromatic heterocycles. The number of carbonyl (C=O) groups excluding carboxylic acids is 1. The van der Waals surface area contributed by atoms with Crippen LogP contribution in [0, 0.1) is 5.92 Å². The second kappa shape index (κ2) is 5.32. The SMILES string of the molecule is CCC(C)(C)c1cc(NC2CN(C(=O)C3CC3)C2)ccn1. The van der Waals surface area contributed by atoms with Gasteiger partial charge in [0.05, 0.1) is 6.04 Å². The number of anilines is 1. The number of pyridine rings is 1. The van der Waals surface area contributed by atoms with Crippen LogP contribution in [0.3, 0.4) is 0 Å². The molecule has 0 atom stereocenters. The molecule has 0 radical (unpaired) electrons. The van der Waals surface area contributed by atoms with Gasteiger partial charge in [-0.25, -0.2) is 0 Å². The maximum absolute atomic E-state index is 11.9. The first kappa shape index (κ1) is 14.4. The Morgan fingerprint density at radius 1 is 1.43 bits per heavy atom. The van der Waals surface area contributed by atoms with E-state index in [-0.39, 0.29) is 5.41 Å². The molecule has 3 rings (SSSR count). The highest BCUT2D eigenvalue weighted by Gasteiger charge is 2.39. The van der Waals surface area contributed by atoms with Crippen molar-refractivity contribution in [3.8, 4) is 0 Å². The van der Waals surface area contributed by atoms with Crippen molar-refractivity contribution in [3.63, 3.8) is 0 Å². The molecule has 2 fully saturated rings. The van der Waals surface area contributed by atoms with Gasteiger partial charge in [0.25, 0.3) is 0 Å². The normalized spacial score (nSPS) is 19.3. The zero-order valence-corrected chi connectivity index (χ0v) is 13.2. The van der Waals surface area contributed by atoms with Crippen LogP contribution in [0.5, 0.6) is 0 Å². The Labute approximate surface area is 126 Å². The second-order valence-corrected chi connectivity index (χ2v) is 7.03. The van der Waals surface area contributed by atoms with Gasteiger partial charge in [-0.1, -0.05) is 20.8 Å². The number of nitrogens with one attached hydrogen (secondary N) is 1. The van der Waals surface area contributed by atoms with Gasteiger partial charge in [0.15, 0.2) is 0 Å². The first-order valence-electron chi connectivity index (χ1n) is 8.01. The predicted molar refractivity (Wildman–Crippen MR) is 84.3 cm³/mol. The average Bonchev–Trinajstić information content (AvgIpc) is 3.26. The molecule has 21 heavy (non-hydrogen) atoms. The third-order valence-electron chi connectivity index (χ3n) is 4.83. The third-order valence-corrected chi connectivity index (χ3v) is 4.83. The maximum atomic E-state index is 11.9. The van der Waals surface area contributed by atoms with E-state index in [2.05, 4.69) is 37.1 Å². The highest BCUT2D eigenvalue weighted by Crippen LogP contribution is 2.33. The van der Waals surface area contributed by atoms with Crippen molar-refractivity contribution in [2.24, 2.45) is 5.92 Å². The molecular formula is C17H25N3O. The zero-order chi connectivity index (χ0) is 15.0. The van der Waals surface area contributed by atoms with Crippen molar-refractivity contribution in [1.29, 1.82) is 0 Å². The number of aromatic nitrogens is 1. The van der Waals surface area contributed by atoms with E-state index in [1.54, 1.807) is 0 Å². The third kappa shape index (κ3) is 3.04. The summed E-state index contributed by atoms with van der Waals surface area (Å²) >= 11 is 0. The number of likely N-dealkylation sites (tertiary alicyclic amines) is 1. The molecule has 1 saturated carbocycles. The summed E-state index contributed by atoms with van der Waals surface area (Å²) in [6.07, 6.45) is 5.12. The van der Waals surface area contributed by atoms with Gasteiger partial charge in [-0.05, 0) is 31.4 Å². The molecule has 1 aromatic rings. The fraction of sp³-hybridized carbons (Fsp3) is 0.647. The van der Waals surface area contributed by atoms with Crippen molar-refractivity contribution in [1.82, 2.24) is 9.88 Å². The molecule has 1 saturated heterocycles. The Balaban J connectivity index is 1.57. The van der Waals surface area contributed by atoms with Gasteiger partial charge >= 0.3 is 0 Å². The first-order valence-corrected chi connectivity index (χ1v) is 8.01. The van der Waals surface area contributed by atoms with Crippen LogP contribution in [0.25, 0.3) is 0 Å². The maximum Gasteiger partial charge on any atom is 0.225 e. The van der Waals surface area contributed by atoms with E-state index < -0.39 is 0 Å². The number of hydrogen-bond donors (Lipinski definition) is 1. The van der Waals surface area contributed by atoms with E-state index in [1.807, 2.05) is 17.2 Å². The first-order chi connectivity index (χ1) is 9.99. The average molecular weight is 287 g/mol. The second-order valence-electron chi connectivity index (χ2n) is 7.03. The summed E-state index contributed by atoms with van der Waals surface area (Å²) in [5, 5.41) is 3.53. The highest BCUT2D eigenvalue weighted by atomic mass is 16.2. The lowest BCUT2D eigenvalue weighted by atomic mass is 9.86. The molecule has 2 aliphatic rings. The van der Waals surface area contributed by atoms with Crippen molar-refractivity contribution in [2.45, 2.75) is 51.5 Å². The fourth-order valence-corrected chi connectivity index (χ4v) is 2.65. The van der Waals surface area contributed by atoms with E-state index in [4.69, 9.17) is 0 Å². The summed E-state index contributed by atoms with van der Waals surface area (Å²) in [5.74, 6) is 0.694. The number of nitrogens with zero attached hydrogens (tertiary/aromatic N) is 2. The van der Waals surface area contributed by atoms with Crippen LogP contribution in [0.15, 0.2) is 18.3 Å². The summed E-state index contributed by atoms with van der Waals surface area (Å²) in [6, 6.07) is 4.54. The van der Waals surface area contributed by atoms with E-state index in [0.717, 1.165) is 43.7 Å². The minimum absolute atomic E-state index is 0.102. The van der Waals surface area contributed by atoms with E-state index in [9.17, 15) is 4.79 Å². The monoisotopic (exact) mass is 287 g/mol.